The van der Waals surface area contributed by atoms with Crippen LogP contribution in [0.3, 0.4) is 0 Å². The van der Waals surface area contributed by atoms with E-state index in [1.54, 1.807) is 48.4 Å². The number of aliphatic hydroxyl groups is 1. The number of halogens is 1. The third-order valence-corrected chi connectivity index (χ3v) is 8.31. The molecule has 0 unspecified atom stereocenters. The topological polar surface area (TPSA) is 98.0 Å². The molecule has 4 rings (SSSR count). The number of carbonyl (C=O) groups is 1. The van der Waals surface area contributed by atoms with Crippen molar-refractivity contribution in [1.82, 2.24) is 19.5 Å². The number of nitrogens with zero attached hydrogens (tertiary/aromatic N) is 4. The van der Waals surface area contributed by atoms with Gasteiger partial charge in [0, 0.05) is 59.4 Å². The smallest absolute Gasteiger partial charge is 0.277 e. The summed E-state index contributed by atoms with van der Waals surface area (Å²) < 4.78 is 2.17. The van der Waals surface area contributed by atoms with Gasteiger partial charge in [0.15, 0.2) is 10.9 Å². The van der Waals surface area contributed by atoms with Crippen molar-refractivity contribution in [2.75, 3.05) is 5.75 Å². The number of carbonyl (C=O) groups excluding carboxylic acids is 1. The molecule has 0 spiro atoms. The molecule has 1 aliphatic carbocycles. The van der Waals surface area contributed by atoms with Crippen molar-refractivity contribution in [2.24, 2.45) is 0 Å². The molecule has 1 aliphatic rings. The lowest BCUT2D eigenvalue weighted by Gasteiger charge is -2.29. The van der Waals surface area contributed by atoms with Crippen LogP contribution >= 0.6 is 23.4 Å². The van der Waals surface area contributed by atoms with Crippen molar-refractivity contribution in [2.45, 2.75) is 87.9 Å². The minimum Gasteiger partial charge on any atom is -0.393 e. The van der Waals surface area contributed by atoms with Gasteiger partial charge in [0.25, 0.3) is 5.56 Å². The summed E-state index contributed by atoms with van der Waals surface area (Å²) in [6, 6.07) is 7.31. The lowest BCUT2D eigenvalue weighted by atomic mass is 9.93. The largest absolute Gasteiger partial charge is 0.393 e. The first-order valence-electron chi connectivity index (χ1n) is 13.4. The maximum absolute atomic E-state index is 12.9. The molecule has 0 bridgehead atoms. The third-order valence-electron chi connectivity index (χ3n) is 7.00. The summed E-state index contributed by atoms with van der Waals surface area (Å²) in [4.78, 5) is 37.7. The van der Waals surface area contributed by atoms with Crippen molar-refractivity contribution in [3.05, 3.63) is 81.3 Å². The number of benzene rings is 1. The molecule has 2 heterocycles. The maximum Gasteiger partial charge on any atom is 0.277 e. The van der Waals surface area contributed by atoms with E-state index in [1.807, 2.05) is 6.20 Å². The number of aromatic nitrogens is 4. The molecule has 1 fully saturated rings. The second-order valence-electron chi connectivity index (χ2n) is 9.94. The average molecular weight is 555 g/mol. The van der Waals surface area contributed by atoms with Crippen LogP contribution in [0.25, 0.3) is 0 Å². The van der Waals surface area contributed by atoms with Crippen LogP contribution in [0.1, 0.15) is 91.7 Å². The summed E-state index contributed by atoms with van der Waals surface area (Å²) >= 11 is 7.53. The predicted molar refractivity (Wildman–Crippen MR) is 151 cm³/mol. The molecule has 1 N–H and O–H groups in total. The van der Waals surface area contributed by atoms with Crippen LogP contribution < -0.4 is 5.56 Å². The predicted octanol–water partition coefficient (Wildman–Crippen LogP) is 6.07. The van der Waals surface area contributed by atoms with Crippen LogP contribution in [-0.4, -0.2) is 42.3 Å². The summed E-state index contributed by atoms with van der Waals surface area (Å²) in [6.45, 7) is 0. The molecule has 38 heavy (non-hydrogen) atoms. The van der Waals surface area contributed by atoms with Crippen LogP contribution in [0, 0.1) is 0 Å². The molecule has 0 atom stereocenters. The summed E-state index contributed by atoms with van der Waals surface area (Å²) in [5.74, 6) is 1.05. The zero-order valence-electron chi connectivity index (χ0n) is 21.6. The van der Waals surface area contributed by atoms with Gasteiger partial charge in [0.05, 0.1) is 6.10 Å². The number of rotatable bonds is 13. The summed E-state index contributed by atoms with van der Waals surface area (Å²) in [7, 11) is 0. The fourth-order valence-corrected chi connectivity index (χ4v) is 5.98. The Labute approximate surface area is 233 Å². The Kier molecular flexibility index (Phi) is 10.9. The zero-order valence-corrected chi connectivity index (χ0v) is 23.2. The Morgan fingerprint density at radius 3 is 2.42 bits per heavy atom. The van der Waals surface area contributed by atoms with Gasteiger partial charge in [0.1, 0.15) is 6.33 Å². The number of Topliss-reactive ketones (excluding diaryl/α,β-unsaturated/α-hetero) is 1. The van der Waals surface area contributed by atoms with E-state index in [0.29, 0.717) is 23.4 Å². The maximum atomic E-state index is 12.9. The van der Waals surface area contributed by atoms with E-state index >= 15 is 0 Å². The fourth-order valence-electron chi connectivity index (χ4n) is 4.82. The van der Waals surface area contributed by atoms with Gasteiger partial charge < -0.3 is 9.67 Å². The molecule has 0 amide bonds. The lowest BCUT2D eigenvalue weighted by molar-refractivity contribution is 0.0979. The minimum atomic E-state index is -0.239. The van der Waals surface area contributed by atoms with E-state index in [9.17, 15) is 14.7 Å². The monoisotopic (exact) mass is 554 g/mol. The van der Waals surface area contributed by atoms with Crippen molar-refractivity contribution in [3.63, 3.8) is 0 Å². The number of unbranched alkanes of at least 4 members (excludes halogenated alkanes) is 4. The third kappa shape index (κ3) is 8.48. The van der Waals surface area contributed by atoms with Gasteiger partial charge in [-0.3, -0.25) is 9.59 Å². The zero-order chi connectivity index (χ0) is 26.7. The van der Waals surface area contributed by atoms with Gasteiger partial charge >= 0.3 is 0 Å². The molecule has 1 saturated carbocycles. The average Bonchev–Trinajstić information content (AvgIpc) is 2.93. The quantitative estimate of drug-likeness (QED) is 0.118. The lowest BCUT2D eigenvalue weighted by Crippen LogP contribution is -2.26. The second-order valence-corrected chi connectivity index (χ2v) is 11.4. The summed E-state index contributed by atoms with van der Waals surface area (Å²) in [5.41, 5.74) is 2.05. The molecule has 202 valence electrons. The standard InChI is InChI=1S/C29H35ClN4O3S/c30-24-9-7-22(8-10-24)27(36)6-4-2-1-3-5-15-38-29-33-28(37)23(16-21-17-31-20-32-18-21)19-34(29)25-11-13-26(35)14-12-25/h7-10,17-20,25-26,35H,1-6,11-16H2. The first kappa shape index (κ1) is 28.5. The summed E-state index contributed by atoms with van der Waals surface area (Å²) in [5, 5.41) is 11.4. The fraction of sp³-hybridized carbons (Fsp3) is 0.483. The minimum absolute atomic E-state index is 0.166. The molecule has 2 aromatic heterocycles. The van der Waals surface area contributed by atoms with Crippen molar-refractivity contribution in [1.29, 1.82) is 0 Å². The number of hydrogen-bond donors (Lipinski definition) is 1. The highest BCUT2D eigenvalue weighted by molar-refractivity contribution is 7.99. The van der Waals surface area contributed by atoms with Gasteiger partial charge in [-0.15, -0.1) is 0 Å². The van der Waals surface area contributed by atoms with Crippen LogP contribution in [0.2, 0.25) is 5.02 Å². The number of aliphatic hydroxyl groups excluding tert-OH is 1. The molecule has 7 nitrogen and oxygen atoms in total. The molecule has 1 aromatic carbocycles. The molecule has 0 aliphatic heterocycles. The van der Waals surface area contributed by atoms with E-state index in [2.05, 4.69) is 19.5 Å². The molecule has 9 heteroatoms. The first-order valence-corrected chi connectivity index (χ1v) is 14.8. The Bertz CT molecular complexity index is 1230. The van der Waals surface area contributed by atoms with Gasteiger partial charge in [-0.2, -0.15) is 4.98 Å². The van der Waals surface area contributed by atoms with Crippen LogP contribution in [0.15, 0.2) is 59.1 Å². The van der Waals surface area contributed by atoms with Gasteiger partial charge in [-0.25, -0.2) is 9.97 Å². The number of ketones is 1. The van der Waals surface area contributed by atoms with E-state index in [4.69, 9.17) is 11.6 Å². The highest BCUT2D eigenvalue weighted by Gasteiger charge is 2.23. The normalized spacial score (nSPS) is 17.4. The SMILES string of the molecule is O=C(CCCCCCCSc1nc(=O)c(Cc2cncnc2)cn1C1CCC(O)CC1)c1ccc(Cl)cc1. The first-order chi connectivity index (χ1) is 18.5. The number of hydrogen-bond acceptors (Lipinski definition) is 7. The second kappa shape index (κ2) is 14.6. The Morgan fingerprint density at radius 2 is 1.68 bits per heavy atom. The highest BCUT2D eigenvalue weighted by Crippen LogP contribution is 2.32. The van der Waals surface area contributed by atoms with E-state index < -0.39 is 0 Å². The van der Waals surface area contributed by atoms with Crippen molar-refractivity contribution < 1.29 is 9.90 Å². The van der Waals surface area contributed by atoms with E-state index in [-0.39, 0.29) is 23.5 Å². The Morgan fingerprint density at radius 1 is 1.00 bits per heavy atom. The summed E-state index contributed by atoms with van der Waals surface area (Å²) in [6.07, 6.45) is 16.0. The van der Waals surface area contributed by atoms with E-state index in [1.165, 1.54) is 6.33 Å². The van der Waals surface area contributed by atoms with E-state index in [0.717, 1.165) is 79.8 Å². The highest BCUT2D eigenvalue weighted by atomic mass is 35.5. The van der Waals surface area contributed by atoms with Gasteiger partial charge in [-0.05, 0) is 68.4 Å². The van der Waals surface area contributed by atoms with Crippen LogP contribution in [-0.2, 0) is 6.42 Å². The molecule has 3 aromatic rings. The molecule has 0 radical (unpaired) electrons. The Balaban J connectivity index is 1.27. The Hall–Kier alpha value is -2.55. The van der Waals surface area contributed by atoms with Crippen molar-refractivity contribution >= 4 is 29.1 Å². The van der Waals surface area contributed by atoms with Crippen LogP contribution in [0.4, 0.5) is 0 Å². The molecule has 0 saturated heterocycles. The number of thioether (sulfide) groups is 1. The molecular weight excluding hydrogens is 520 g/mol. The van der Waals surface area contributed by atoms with Crippen molar-refractivity contribution in [3.8, 4) is 0 Å². The van der Waals surface area contributed by atoms with Crippen LogP contribution in [0.5, 0.6) is 0 Å². The van der Waals surface area contributed by atoms with Gasteiger partial charge in [0.2, 0.25) is 0 Å². The van der Waals surface area contributed by atoms with Gasteiger partial charge in [-0.1, -0.05) is 42.6 Å². The molecular formula is C29H35ClN4O3S.